The second kappa shape index (κ2) is 8.15. The van der Waals surface area contributed by atoms with Crippen LogP contribution in [0.5, 0.6) is 5.75 Å². The fourth-order valence-corrected chi connectivity index (χ4v) is 1.87. The lowest BCUT2D eigenvalue weighted by Crippen LogP contribution is -2.29. The number of benzene rings is 1. The van der Waals surface area contributed by atoms with E-state index in [0.717, 1.165) is 25.3 Å². The molecule has 2 unspecified atom stereocenters. The quantitative estimate of drug-likeness (QED) is 0.704. The van der Waals surface area contributed by atoms with Crippen molar-refractivity contribution in [3.8, 4) is 5.75 Å². The maximum atomic E-state index is 5.87. The standard InChI is InChI=1S/C16H27NO/c1-5-11-17-12-14(4)18-16-9-7-15(8-10-16)13(3)6-2/h7-10,13-14,17H,5-6,11-12H2,1-4H3. The summed E-state index contributed by atoms with van der Waals surface area (Å²) >= 11 is 0. The summed E-state index contributed by atoms with van der Waals surface area (Å²) in [6.45, 7) is 10.7. The molecule has 0 radical (unpaired) electrons. The predicted molar refractivity (Wildman–Crippen MR) is 78.4 cm³/mol. The minimum absolute atomic E-state index is 0.214. The molecule has 0 fully saturated rings. The van der Waals surface area contributed by atoms with Crippen LogP contribution in [0.15, 0.2) is 24.3 Å². The van der Waals surface area contributed by atoms with E-state index in [9.17, 15) is 0 Å². The molecule has 1 aromatic rings. The van der Waals surface area contributed by atoms with Crippen LogP contribution in [0.3, 0.4) is 0 Å². The van der Waals surface area contributed by atoms with Gasteiger partial charge in [0, 0.05) is 6.54 Å². The summed E-state index contributed by atoms with van der Waals surface area (Å²) < 4.78 is 5.87. The van der Waals surface area contributed by atoms with Crippen LogP contribution < -0.4 is 10.1 Å². The monoisotopic (exact) mass is 249 g/mol. The largest absolute Gasteiger partial charge is 0.489 e. The number of hydrogen-bond acceptors (Lipinski definition) is 2. The van der Waals surface area contributed by atoms with Crippen LogP contribution in [-0.4, -0.2) is 19.2 Å². The SMILES string of the molecule is CCCNCC(C)Oc1ccc(C(C)CC)cc1. The minimum Gasteiger partial charge on any atom is -0.489 e. The Bertz CT molecular complexity index is 320. The summed E-state index contributed by atoms with van der Waals surface area (Å²) in [4.78, 5) is 0. The molecule has 1 rings (SSSR count). The van der Waals surface area contributed by atoms with Crippen LogP contribution >= 0.6 is 0 Å². The van der Waals surface area contributed by atoms with E-state index in [-0.39, 0.29) is 6.10 Å². The van der Waals surface area contributed by atoms with Crippen LogP contribution in [-0.2, 0) is 0 Å². The van der Waals surface area contributed by atoms with Crippen LogP contribution in [0.1, 0.15) is 52.0 Å². The van der Waals surface area contributed by atoms with Gasteiger partial charge >= 0.3 is 0 Å². The molecule has 1 N–H and O–H groups in total. The molecular weight excluding hydrogens is 222 g/mol. The van der Waals surface area contributed by atoms with Gasteiger partial charge < -0.3 is 10.1 Å². The lowest BCUT2D eigenvalue weighted by molar-refractivity contribution is 0.217. The number of ether oxygens (including phenoxy) is 1. The van der Waals surface area contributed by atoms with Gasteiger partial charge in [0.2, 0.25) is 0 Å². The lowest BCUT2D eigenvalue weighted by Gasteiger charge is -2.16. The Balaban J connectivity index is 2.43. The van der Waals surface area contributed by atoms with Crippen molar-refractivity contribution < 1.29 is 4.74 Å². The molecule has 2 atom stereocenters. The highest BCUT2D eigenvalue weighted by molar-refractivity contribution is 5.29. The molecule has 0 aliphatic carbocycles. The first kappa shape index (κ1) is 15.0. The maximum absolute atomic E-state index is 5.87. The van der Waals surface area contributed by atoms with E-state index in [1.165, 1.54) is 12.0 Å². The smallest absolute Gasteiger partial charge is 0.119 e. The first-order valence-corrected chi connectivity index (χ1v) is 7.14. The van der Waals surface area contributed by atoms with E-state index >= 15 is 0 Å². The Morgan fingerprint density at radius 3 is 2.33 bits per heavy atom. The average molecular weight is 249 g/mol. The molecule has 0 amide bonds. The summed E-state index contributed by atoms with van der Waals surface area (Å²) in [6.07, 6.45) is 2.56. The Kier molecular flexibility index (Phi) is 6.81. The number of nitrogens with one attached hydrogen (secondary N) is 1. The third-order valence-electron chi connectivity index (χ3n) is 3.26. The van der Waals surface area contributed by atoms with Crippen molar-refractivity contribution in [1.82, 2.24) is 5.32 Å². The molecule has 0 bridgehead atoms. The van der Waals surface area contributed by atoms with Crippen molar-refractivity contribution in [1.29, 1.82) is 0 Å². The Hall–Kier alpha value is -1.02. The van der Waals surface area contributed by atoms with Gasteiger partial charge in [-0.25, -0.2) is 0 Å². The highest BCUT2D eigenvalue weighted by Crippen LogP contribution is 2.21. The molecule has 0 saturated heterocycles. The molecule has 0 saturated carbocycles. The Morgan fingerprint density at radius 2 is 1.78 bits per heavy atom. The zero-order valence-electron chi connectivity index (χ0n) is 12.2. The Labute approximate surface area is 112 Å². The molecule has 18 heavy (non-hydrogen) atoms. The maximum Gasteiger partial charge on any atom is 0.119 e. The molecule has 2 nitrogen and oxygen atoms in total. The number of rotatable bonds is 8. The molecule has 102 valence electrons. The van der Waals surface area contributed by atoms with Crippen LogP contribution in [0.2, 0.25) is 0 Å². The van der Waals surface area contributed by atoms with E-state index < -0.39 is 0 Å². The van der Waals surface area contributed by atoms with Crippen molar-refractivity contribution in [2.24, 2.45) is 0 Å². The van der Waals surface area contributed by atoms with Gasteiger partial charge in [-0.05, 0) is 49.9 Å². The fraction of sp³-hybridized carbons (Fsp3) is 0.625. The molecule has 2 heteroatoms. The average Bonchev–Trinajstić information content (AvgIpc) is 2.39. The highest BCUT2D eigenvalue weighted by atomic mass is 16.5. The Morgan fingerprint density at radius 1 is 1.11 bits per heavy atom. The van der Waals surface area contributed by atoms with E-state index in [2.05, 4.69) is 57.3 Å². The van der Waals surface area contributed by atoms with Gasteiger partial charge in [-0.15, -0.1) is 0 Å². The van der Waals surface area contributed by atoms with E-state index in [1.54, 1.807) is 0 Å². The molecule has 0 aliphatic heterocycles. The van der Waals surface area contributed by atoms with Crippen molar-refractivity contribution in [2.75, 3.05) is 13.1 Å². The second-order valence-corrected chi connectivity index (χ2v) is 5.01. The van der Waals surface area contributed by atoms with E-state index in [1.807, 2.05) is 0 Å². The summed E-state index contributed by atoms with van der Waals surface area (Å²) in [6, 6.07) is 8.51. The van der Waals surface area contributed by atoms with Gasteiger partial charge in [0.25, 0.3) is 0 Å². The van der Waals surface area contributed by atoms with Gasteiger partial charge in [0.15, 0.2) is 0 Å². The first-order chi connectivity index (χ1) is 8.67. The molecule has 0 spiro atoms. The first-order valence-electron chi connectivity index (χ1n) is 7.14. The molecular formula is C16H27NO. The van der Waals surface area contributed by atoms with E-state index in [4.69, 9.17) is 4.74 Å². The fourth-order valence-electron chi connectivity index (χ4n) is 1.87. The zero-order chi connectivity index (χ0) is 13.4. The molecule has 0 heterocycles. The van der Waals surface area contributed by atoms with E-state index in [0.29, 0.717) is 5.92 Å². The van der Waals surface area contributed by atoms with Crippen LogP contribution in [0.25, 0.3) is 0 Å². The topological polar surface area (TPSA) is 21.3 Å². The van der Waals surface area contributed by atoms with Gasteiger partial charge in [0.05, 0.1) is 0 Å². The summed E-state index contributed by atoms with van der Waals surface area (Å²) in [5.74, 6) is 1.59. The van der Waals surface area contributed by atoms with Gasteiger partial charge in [-0.1, -0.05) is 32.9 Å². The predicted octanol–water partition coefficient (Wildman–Crippen LogP) is 3.97. The van der Waals surface area contributed by atoms with Crippen molar-refractivity contribution in [3.63, 3.8) is 0 Å². The van der Waals surface area contributed by atoms with Crippen molar-refractivity contribution >= 4 is 0 Å². The molecule has 0 aromatic heterocycles. The summed E-state index contributed by atoms with van der Waals surface area (Å²) in [5, 5.41) is 3.37. The van der Waals surface area contributed by atoms with Gasteiger partial charge in [0.1, 0.15) is 11.9 Å². The number of hydrogen-bond donors (Lipinski definition) is 1. The second-order valence-electron chi connectivity index (χ2n) is 5.01. The molecule has 0 aliphatic rings. The van der Waals surface area contributed by atoms with Gasteiger partial charge in [-0.2, -0.15) is 0 Å². The zero-order valence-corrected chi connectivity index (χ0v) is 12.2. The summed E-state index contributed by atoms with van der Waals surface area (Å²) in [5.41, 5.74) is 1.39. The van der Waals surface area contributed by atoms with Crippen molar-refractivity contribution in [3.05, 3.63) is 29.8 Å². The highest BCUT2D eigenvalue weighted by Gasteiger charge is 2.05. The van der Waals surface area contributed by atoms with Crippen molar-refractivity contribution in [2.45, 2.75) is 52.6 Å². The normalized spacial score (nSPS) is 14.2. The van der Waals surface area contributed by atoms with Gasteiger partial charge in [-0.3, -0.25) is 0 Å². The minimum atomic E-state index is 0.214. The molecule has 1 aromatic carbocycles. The third-order valence-corrected chi connectivity index (χ3v) is 3.26. The lowest BCUT2D eigenvalue weighted by atomic mass is 9.99. The van der Waals surface area contributed by atoms with Crippen LogP contribution in [0, 0.1) is 0 Å². The summed E-state index contributed by atoms with van der Waals surface area (Å²) in [7, 11) is 0. The van der Waals surface area contributed by atoms with Crippen LogP contribution in [0.4, 0.5) is 0 Å². The third kappa shape index (κ3) is 5.09.